The van der Waals surface area contributed by atoms with Gasteiger partial charge in [0, 0.05) is 22.5 Å². The maximum absolute atomic E-state index is 9.48. The fraction of sp³-hybridized carbons (Fsp3) is 0.409. The predicted molar refractivity (Wildman–Crippen MR) is 115 cm³/mol. The highest BCUT2D eigenvalue weighted by Crippen LogP contribution is 2.34. The number of rotatable bonds is 8. The van der Waals surface area contributed by atoms with Crippen LogP contribution >= 0.6 is 11.6 Å². The van der Waals surface area contributed by atoms with Crippen molar-refractivity contribution in [3.05, 3.63) is 46.2 Å². The highest BCUT2D eigenvalue weighted by molar-refractivity contribution is 6.32. The van der Waals surface area contributed by atoms with E-state index in [1.165, 1.54) is 0 Å². The van der Waals surface area contributed by atoms with Crippen molar-refractivity contribution < 1.29 is 19.5 Å². The molecule has 0 spiro atoms. The molecule has 1 aromatic carbocycles. The molecule has 160 valence electrons. The Morgan fingerprint density at radius 1 is 1.10 bits per heavy atom. The van der Waals surface area contributed by atoms with Crippen LogP contribution in [0, 0.1) is 19.8 Å². The second kappa shape index (κ2) is 9.55. The molecular weight excluding hydrogens is 406 g/mol. The zero-order valence-electron chi connectivity index (χ0n) is 17.5. The summed E-state index contributed by atoms with van der Waals surface area (Å²) in [4.78, 5) is 9.11. The maximum Gasteiger partial charge on any atom is 0.258 e. The van der Waals surface area contributed by atoms with Gasteiger partial charge in [-0.05, 0) is 56.0 Å². The van der Waals surface area contributed by atoms with Crippen LogP contribution in [0.3, 0.4) is 0 Å². The van der Waals surface area contributed by atoms with Gasteiger partial charge < -0.3 is 19.5 Å². The third kappa shape index (κ3) is 5.36. The smallest absolute Gasteiger partial charge is 0.258 e. The van der Waals surface area contributed by atoms with Crippen LogP contribution in [0.15, 0.2) is 28.8 Å². The summed E-state index contributed by atoms with van der Waals surface area (Å²) in [7, 11) is 0. The zero-order valence-corrected chi connectivity index (χ0v) is 18.3. The van der Waals surface area contributed by atoms with E-state index >= 15 is 0 Å². The third-order valence-electron chi connectivity index (χ3n) is 4.42. The number of aliphatic hydroxyl groups excluding tert-OH is 2. The van der Waals surface area contributed by atoms with Gasteiger partial charge >= 0.3 is 0 Å². The molecule has 3 rings (SSSR count). The van der Waals surface area contributed by atoms with E-state index in [1.807, 2.05) is 32.0 Å². The van der Waals surface area contributed by atoms with Crippen LogP contribution in [0.2, 0.25) is 5.02 Å². The summed E-state index contributed by atoms with van der Waals surface area (Å²) in [5.74, 6) is 1.77. The van der Waals surface area contributed by atoms with Crippen molar-refractivity contribution in [2.24, 2.45) is 5.92 Å². The standard InChI is InChI=1S/C22H26ClN3O4/c1-12(2)5-17-8-16(7-14(4)24-17)22-25-21(26-30-22)15-6-13(3)20(19(23)9-15)29-11-18(28)10-27/h6-9,12,18,27-28H,5,10-11H2,1-4H3. The number of aliphatic hydroxyl groups is 2. The first-order valence-electron chi connectivity index (χ1n) is 9.80. The van der Waals surface area contributed by atoms with Gasteiger partial charge in [0.1, 0.15) is 18.5 Å². The molecule has 1 atom stereocenters. The van der Waals surface area contributed by atoms with Crippen LogP contribution in [-0.4, -0.2) is 44.7 Å². The number of nitrogens with zero attached hydrogens (tertiary/aromatic N) is 3. The Kier molecular flexibility index (Phi) is 7.07. The van der Waals surface area contributed by atoms with Crippen molar-refractivity contribution in [1.29, 1.82) is 0 Å². The molecular formula is C22H26ClN3O4. The monoisotopic (exact) mass is 431 g/mol. The van der Waals surface area contributed by atoms with Crippen molar-refractivity contribution >= 4 is 11.6 Å². The normalized spacial score (nSPS) is 12.4. The van der Waals surface area contributed by atoms with Gasteiger partial charge in [-0.25, -0.2) is 0 Å². The Bertz CT molecular complexity index is 996. The fourth-order valence-electron chi connectivity index (χ4n) is 3.12. The third-order valence-corrected chi connectivity index (χ3v) is 4.70. The second-order valence-electron chi connectivity index (χ2n) is 7.76. The summed E-state index contributed by atoms with van der Waals surface area (Å²) < 4.78 is 11.0. The molecule has 30 heavy (non-hydrogen) atoms. The van der Waals surface area contributed by atoms with Crippen LogP contribution < -0.4 is 4.74 Å². The minimum absolute atomic E-state index is 0.0527. The average molecular weight is 432 g/mol. The molecule has 3 aromatic rings. The maximum atomic E-state index is 9.48. The highest BCUT2D eigenvalue weighted by atomic mass is 35.5. The molecule has 8 heteroatoms. The van der Waals surface area contributed by atoms with E-state index in [0.29, 0.717) is 34.0 Å². The van der Waals surface area contributed by atoms with E-state index in [4.69, 9.17) is 26.0 Å². The van der Waals surface area contributed by atoms with Gasteiger partial charge in [-0.2, -0.15) is 4.98 Å². The van der Waals surface area contributed by atoms with Crippen LogP contribution in [0.25, 0.3) is 22.8 Å². The number of ether oxygens (including phenoxy) is 1. The highest BCUT2D eigenvalue weighted by Gasteiger charge is 2.16. The predicted octanol–water partition coefficient (Wildman–Crippen LogP) is 4.00. The van der Waals surface area contributed by atoms with E-state index in [-0.39, 0.29) is 13.2 Å². The van der Waals surface area contributed by atoms with Gasteiger partial charge in [0.2, 0.25) is 5.82 Å². The van der Waals surface area contributed by atoms with E-state index in [2.05, 4.69) is 29.0 Å². The van der Waals surface area contributed by atoms with Crippen LogP contribution in [0.5, 0.6) is 5.75 Å². The number of halogens is 1. The molecule has 0 amide bonds. The summed E-state index contributed by atoms with van der Waals surface area (Å²) >= 11 is 6.36. The molecule has 0 aliphatic heterocycles. The summed E-state index contributed by atoms with van der Waals surface area (Å²) in [6.07, 6.45) is -0.0963. The lowest BCUT2D eigenvalue weighted by Crippen LogP contribution is -2.21. The van der Waals surface area contributed by atoms with Crippen molar-refractivity contribution in [2.45, 2.75) is 40.2 Å². The van der Waals surface area contributed by atoms with Crippen molar-refractivity contribution in [3.8, 4) is 28.6 Å². The lowest BCUT2D eigenvalue weighted by Gasteiger charge is -2.14. The minimum Gasteiger partial charge on any atom is -0.489 e. The molecule has 2 aromatic heterocycles. The van der Waals surface area contributed by atoms with E-state index in [9.17, 15) is 5.11 Å². The van der Waals surface area contributed by atoms with Crippen molar-refractivity contribution in [2.75, 3.05) is 13.2 Å². The van der Waals surface area contributed by atoms with E-state index in [0.717, 1.165) is 28.9 Å². The average Bonchev–Trinajstić information content (AvgIpc) is 3.16. The summed E-state index contributed by atoms with van der Waals surface area (Å²) in [5.41, 5.74) is 4.17. The molecule has 0 bridgehead atoms. The van der Waals surface area contributed by atoms with Gasteiger partial charge in [-0.3, -0.25) is 4.98 Å². The first kappa shape index (κ1) is 22.2. The molecule has 0 radical (unpaired) electrons. The summed E-state index contributed by atoms with van der Waals surface area (Å²) in [6, 6.07) is 7.42. The van der Waals surface area contributed by atoms with Gasteiger partial charge in [-0.1, -0.05) is 30.6 Å². The Balaban J connectivity index is 1.87. The topological polar surface area (TPSA) is 102 Å². The second-order valence-corrected chi connectivity index (χ2v) is 8.17. The Hall–Kier alpha value is -2.48. The van der Waals surface area contributed by atoms with Crippen LogP contribution in [-0.2, 0) is 6.42 Å². The number of pyridine rings is 1. The van der Waals surface area contributed by atoms with Crippen LogP contribution in [0.1, 0.15) is 30.8 Å². The first-order valence-corrected chi connectivity index (χ1v) is 10.2. The lowest BCUT2D eigenvalue weighted by atomic mass is 10.1. The Morgan fingerprint density at radius 2 is 1.87 bits per heavy atom. The number of aryl methyl sites for hydroxylation is 2. The van der Waals surface area contributed by atoms with Crippen molar-refractivity contribution in [1.82, 2.24) is 15.1 Å². The number of aromatic nitrogens is 3. The molecule has 7 nitrogen and oxygen atoms in total. The number of hydrogen-bond acceptors (Lipinski definition) is 7. The van der Waals surface area contributed by atoms with Crippen LogP contribution in [0.4, 0.5) is 0 Å². The van der Waals surface area contributed by atoms with Gasteiger partial charge in [-0.15, -0.1) is 0 Å². The summed E-state index contributed by atoms with van der Waals surface area (Å²) in [6.45, 7) is 7.65. The molecule has 0 fully saturated rings. The molecule has 0 aliphatic rings. The quantitative estimate of drug-likeness (QED) is 0.555. The molecule has 0 saturated heterocycles. The fourth-order valence-corrected chi connectivity index (χ4v) is 3.44. The molecule has 1 unspecified atom stereocenters. The van der Waals surface area contributed by atoms with E-state index < -0.39 is 6.10 Å². The van der Waals surface area contributed by atoms with Gasteiger partial charge in [0.05, 0.1) is 11.6 Å². The van der Waals surface area contributed by atoms with Gasteiger partial charge in [0.25, 0.3) is 5.89 Å². The van der Waals surface area contributed by atoms with Crippen molar-refractivity contribution in [3.63, 3.8) is 0 Å². The molecule has 0 aliphatic carbocycles. The molecule has 2 N–H and O–H groups in total. The number of hydrogen-bond donors (Lipinski definition) is 2. The first-order chi connectivity index (χ1) is 14.3. The SMILES string of the molecule is Cc1cc(-c2nc(-c3cc(C)c(OCC(O)CO)c(Cl)c3)no2)cc(CC(C)C)n1. The lowest BCUT2D eigenvalue weighted by molar-refractivity contribution is 0.0534. The van der Waals surface area contributed by atoms with E-state index in [1.54, 1.807) is 6.07 Å². The Labute approximate surface area is 180 Å². The molecule has 0 saturated carbocycles. The Morgan fingerprint density at radius 3 is 2.53 bits per heavy atom. The molecule has 2 heterocycles. The zero-order chi connectivity index (χ0) is 21.8. The largest absolute Gasteiger partial charge is 0.489 e. The van der Waals surface area contributed by atoms with Gasteiger partial charge in [0.15, 0.2) is 0 Å². The number of benzene rings is 1. The summed E-state index contributed by atoms with van der Waals surface area (Å²) in [5, 5.41) is 22.9. The minimum atomic E-state index is -0.968.